The van der Waals surface area contributed by atoms with Gasteiger partial charge in [-0.25, -0.2) is 0 Å². The van der Waals surface area contributed by atoms with Gasteiger partial charge in [-0.05, 0) is 25.1 Å². The first-order valence-electron chi connectivity index (χ1n) is 8.18. The van der Waals surface area contributed by atoms with E-state index in [9.17, 15) is 4.79 Å². The number of carbonyl (C=O) groups excluding carboxylic acids is 1. The van der Waals surface area contributed by atoms with Gasteiger partial charge in [-0.15, -0.1) is 0 Å². The number of para-hydroxylation sites is 1. The van der Waals surface area contributed by atoms with Crippen molar-refractivity contribution in [2.24, 2.45) is 0 Å². The van der Waals surface area contributed by atoms with E-state index in [1.54, 1.807) is 13.2 Å². The van der Waals surface area contributed by atoms with Gasteiger partial charge in [0.05, 0.1) is 13.7 Å². The van der Waals surface area contributed by atoms with Crippen LogP contribution in [0, 0.1) is 0 Å². The van der Waals surface area contributed by atoms with Gasteiger partial charge in [0.2, 0.25) is 5.82 Å². The first-order valence-corrected chi connectivity index (χ1v) is 8.18. The number of nitrogens with zero attached hydrogens (tertiary/aromatic N) is 2. The molecule has 0 spiro atoms. The Morgan fingerprint density at radius 2 is 2.04 bits per heavy atom. The maximum Gasteiger partial charge on any atom is 0.316 e. The Morgan fingerprint density at radius 1 is 1.19 bits per heavy atom. The molecule has 0 atom stereocenters. The number of methoxy groups -OCH3 is 1. The smallest absolute Gasteiger partial charge is 0.316 e. The zero-order chi connectivity index (χ0) is 18.4. The molecule has 26 heavy (non-hydrogen) atoms. The van der Waals surface area contributed by atoms with Crippen LogP contribution in [-0.4, -0.2) is 29.8 Å². The molecule has 3 rings (SSSR count). The quantitative estimate of drug-likeness (QED) is 0.702. The monoisotopic (exact) mass is 353 g/mol. The Kier molecular flexibility index (Phi) is 5.48. The van der Waals surface area contributed by atoms with Crippen molar-refractivity contribution in [1.82, 2.24) is 15.5 Å². The van der Waals surface area contributed by atoms with Crippen LogP contribution in [0.5, 0.6) is 11.5 Å². The molecule has 1 aromatic heterocycles. The molecule has 0 saturated heterocycles. The minimum absolute atomic E-state index is 0.100. The summed E-state index contributed by atoms with van der Waals surface area (Å²) in [5.41, 5.74) is 1.57. The van der Waals surface area contributed by atoms with Gasteiger partial charge in [0.1, 0.15) is 11.5 Å². The molecule has 0 radical (unpaired) electrons. The van der Waals surface area contributed by atoms with Gasteiger partial charge in [-0.1, -0.05) is 35.5 Å². The van der Waals surface area contributed by atoms with Crippen molar-refractivity contribution in [2.45, 2.75) is 13.5 Å². The van der Waals surface area contributed by atoms with E-state index in [1.165, 1.54) is 0 Å². The third kappa shape index (κ3) is 4.00. The number of aromatic nitrogens is 2. The highest BCUT2D eigenvalue weighted by Gasteiger charge is 2.16. The summed E-state index contributed by atoms with van der Waals surface area (Å²) in [6.07, 6.45) is 0. The minimum Gasteiger partial charge on any atom is -0.497 e. The number of carbonyl (C=O) groups is 1. The fourth-order valence-electron chi connectivity index (χ4n) is 2.39. The lowest BCUT2D eigenvalue weighted by Gasteiger charge is -2.09. The van der Waals surface area contributed by atoms with E-state index >= 15 is 0 Å². The molecule has 1 amide bonds. The molecule has 0 aliphatic carbocycles. The first kappa shape index (κ1) is 17.5. The summed E-state index contributed by atoms with van der Waals surface area (Å²) >= 11 is 0. The fraction of sp³-hybridized carbons (Fsp3) is 0.211. The van der Waals surface area contributed by atoms with Gasteiger partial charge < -0.3 is 19.3 Å². The maximum atomic E-state index is 12.3. The second kappa shape index (κ2) is 8.15. The summed E-state index contributed by atoms with van der Waals surface area (Å²) < 4.78 is 15.8. The van der Waals surface area contributed by atoms with E-state index in [1.807, 2.05) is 49.4 Å². The number of rotatable bonds is 7. The van der Waals surface area contributed by atoms with Crippen LogP contribution in [0.25, 0.3) is 11.4 Å². The third-order valence-corrected chi connectivity index (χ3v) is 3.66. The van der Waals surface area contributed by atoms with Gasteiger partial charge in [0.15, 0.2) is 0 Å². The molecule has 3 aromatic rings. The Labute approximate surface area is 150 Å². The van der Waals surface area contributed by atoms with Crippen molar-refractivity contribution >= 4 is 5.91 Å². The Balaban J connectivity index is 1.69. The van der Waals surface area contributed by atoms with E-state index in [-0.39, 0.29) is 5.89 Å². The van der Waals surface area contributed by atoms with Crippen LogP contribution < -0.4 is 14.8 Å². The van der Waals surface area contributed by atoms with Crippen LogP contribution in [0.2, 0.25) is 0 Å². The number of nitrogens with one attached hydrogen (secondary N) is 1. The molecule has 0 unspecified atom stereocenters. The van der Waals surface area contributed by atoms with Gasteiger partial charge in [-0.2, -0.15) is 4.98 Å². The molecule has 7 nitrogen and oxygen atoms in total. The zero-order valence-electron chi connectivity index (χ0n) is 14.6. The molecule has 1 N–H and O–H groups in total. The molecule has 0 aliphatic heterocycles. The van der Waals surface area contributed by atoms with E-state index in [0.717, 1.165) is 11.3 Å². The average molecular weight is 353 g/mol. The minimum atomic E-state index is -0.446. The van der Waals surface area contributed by atoms with E-state index in [0.29, 0.717) is 30.3 Å². The summed E-state index contributed by atoms with van der Waals surface area (Å²) in [6, 6.07) is 14.7. The average Bonchev–Trinajstić information content (AvgIpc) is 3.18. The summed E-state index contributed by atoms with van der Waals surface area (Å²) in [6.45, 7) is 2.76. The van der Waals surface area contributed by atoms with Crippen LogP contribution in [0.1, 0.15) is 23.2 Å². The predicted molar refractivity (Wildman–Crippen MR) is 95.1 cm³/mol. The molecule has 134 valence electrons. The molecule has 1 heterocycles. The third-order valence-electron chi connectivity index (χ3n) is 3.66. The lowest BCUT2D eigenvalue weighted by atomic mass is 10.2. The van der Waals surface area contributed by atoms with Crippen molar-refractivity contribution in [3.63, 3.8) is 0 Å². The van der Waals surface area contributed by atoms with Crippen LogP contribution in [0.3, 0.4) is 0 Å². The highest BCUT2D eigenvalue weighted by Crippen LogP contribution is 2.21. The summed E-state index contributed by atoms with van der Waals surface area (Å²) in [5, 5.41) is 6.62. The van der Waals surface area contributed by atoms with Crippen LogP contribution in [-0.2, 0) is 6.54 Å². The van der Waals surface area contributed by atoms with Crippen LogP contribution in [0.15, 0.2) is 53.1 Å². The maximum absolute atomic E-state index is 12.3. The first-order chi connectivity index (χ1) is 12.7. The van der Waals surface area contributed by atoms with Gasteiger partial charge in [-0.3, -0.25) is 4.79 Å². The van der Waals surface area contributed by atoms with Crippen molar-refractivity contribution in [1.29, 1.82) is 0 Å². The molecule has 2 aromatic carbocycles. The Morgan fingerprint density at radius 3 is 2.85 bits per heavy atom. The van der Waals surface area contributed by atoms with Crippen molar-refractivity contribution < 1.29 is 18.8 Å². The molecule has 0 fully saturated rings. The molecule has 7 heteroatoms. The topological polar surface area (TPSA) is 86.5 Å². The number of ether oxygens (including phenoxy) is 2. The highest BCUT2D eigenvalue weighted by atomic mass is 16.5. The fourth-order valence-corrected chi connectivity index (χ4v) is 2.39. The zero-order valence-corrected chi connectivity index (χ0v) is 14.6. The summed E-state index contributed by atoms with van der Waals surface area (Å²) in [4.78, 5) is 16.4. The Bertz CT molecular complexity index is 892. The van der Waals surface area contributed by atoms with Crippen LogP contribution >= 0.6 is 0 Å². The van der Waals surface area contributed by atoms with Crippen molar-refractivity contribution in [3.05, 3.63) is 60.0 Å². The molecule has 0 saturated carbocycles. The standard InChI is InChI=1S/C19H19N3O4/c1-3-25-16-10-5-4-7-14(16)12-20-18(23)19-21-17(22-26-19)13-8-6-9-15(11-13)24-2/h4-11H,3,12H2,1-2H3,(H,20,23). The molecule has 0 aliphatic rings. The SMILES string of the molecule is CCOc1ccccc1CNC(=O)c1nc(-c2cccc(OC)c2)no1. The number of benzene rings is 2. The number of amides is 1. The normalized spacial score (nSPS) is 10.4. The predicted octanol–water partition coefficient (Wildman–Crippen LogP) is 3.07. The lowest BCUT2D eigenvalue weighted by molar-refractivity contribution is 0.0906. The van der Waals surface area contributed by atoms with Crippen molar-refractivity contribution in [3.8, 4) is 22.9 Å². The molecular formula is C19H19N3O4. The van der Waals surface area contributed by atoms with E-state index in [4.69, 9.17) is 14.0 Å². The number of hydrogen-bond acceptors (Lipinski definition) is 6. The van der Waals surface area contributed by atoms with Crippen molar-refractivity contribution in [2.75, 3.05) is 13.7 Å². The van der Waals surface area contributed by atoms with Gasteiger partial charge in [0.25, 0.3) is 0 Å². The summed E-state index contributed by atoms with van der Waals surface area (Å²) in [7, 11) is 1.58. The van der Waals surface area contributed by atoms with E-state index < -0.39 is 5.91 Å². The highest BCUT2D eigenvalue weighted by molar-refractivity contribution is 5.89. The molecule has 0 bridgehead atoms. The summed E-state index contributed by atoms with van der Waals surface area (Å²) in [5.74, 6) is 1.18. The van der Waals surface area contributed by atoms with E-state index in [2.05, 4.69) is 15.5 Å². The Hall–Kier alpha value is -3.35. The molecular weight excluding hydrogens is 334 g/mol. The number of hydrogen-bond donors (Lipinski definition) is 1. The van der Waals surface area contributed by atoms with Gasteiger partial charge in [0, 0.05) is 17.7 Å². The second-order valence-corrected chi connectivity index (χ2v) is 5.38. The van der Waals surface area contributed by atoms with Crippen LogP contribution in [0.4, 0.5) is 0 Å². The lowest BCUT2D eigenvalue weighted by Crippen LogP contribution is -2.23. The van der Waals surface area contributed by atoms with Gasteiger partial charge >= 0.3 is 11.8 Å². The largest absolute Gasteiger partial charge is 0.497 e. The second-order valence-electron chi connectivity index (χ2n) is 5.38.